The zero-order valence-corrected chi connectivity index (χ0v) is 9.93. The van der Waals surface area contributed by atoms with Gasteiger partial charge in [-0.2, -0.15) is 0 Å². The molecule has 0 aromatic heterocycles. The van der Waals surface area contributed by atoms with E-state index in [0.717, 1.165) is 25.8 Å². The van der Waals surface area contributed by atoms with Crippen LogP contribution >= 0.6 is 0 Å². The predicted molar refractivity (Wildman–Crippen MR) is 60.0 cm³/mol. The fourth-order valence-corrected chi connectivity index (χ4v) is 1.13. The van der Waals surface area contributed by atoms with Crippen LogP contribution in [0.3, 0.4) is 0 Å². The summed E-state index contributed by atoms with van der Waals surface area (Å²) in [5.74, 6) is 0.682. The van der Waals surface area contributed by atoms with Gasteiger partial charge in [-0.1, -0.05) is 27.7 Å². The van der Waals surface area contributed by atoms with E-state index in [-0.39, 0.29) is 6.10 Å². The molecule has 0 fully saturated rings. The van der Waals surface area contributed by atoms with Crippen molar-refractivity contribution in [3.63, 3.8) is 0 Å². The molecule has 0 aliphatic rings. The van der Waals surface area contributed by atoms with Crippen LogP contribution in [0, 0.1) is 5.92 Å². The van der Waals surface area contributed by atoms with E-state index in [4.69, 9.17) is 0 Å². The summed E-state index contributed by atoms with van der Waals surface area (Å²) in [4.78, 5) is 0. The molecular weight excluding hydrogens is 162 g/mol. The number of aliphatic hydroxyl groups is 1. The fraction of sp³-hybridized carbons (Fsp3) is 1.00. The van der Waals surface area contributed by atoms with Gasteiger partial charge in [-0.05, 0) is 38.8 Å². The molecule has 0 saturated carbocycles. The Morgan fingerprint density at radius 1 is 1.23 bits per heavy atom. The van der Waals surface area contributed by atoms with Crippen molar-refractivity contribution in [1.82, 2.24) is 5.32 Å². The largest absolute Gasteiger partial charge is 0.393 e. The molecule has 82 valence electrons. The molecule has 0 bridgehead atoms. The Bertz CT molecular complexity index is 86.2. The van der Waals surface area contributed by atoms with Gasteiger partial charge in [0.25, 0.3) is 0 Å². The Balaban J connectivity index is 0. The van der Waals surface area contributed by atoms with Crippen molar-refractivity contribution in [3.05, 3.63) is 0 Å². The first-order valence-electron chi connectivity index (χ1n) is 5.53. The maximum Gasteiger partial charge on any atom is 0.0537 e. The van der Waals surface area contributed by atoms with E-state index in [1.165, 1.54) is 0 Å². The summed E-state index contributed by atoms with van der Waals surface area (Å²) < 4.78 is 0. The molecule has 2 unspecified atom stereocenters. The number of nitrogens with one attached hydrogen (secondary N) is 1. The highest BCUT2D eigenvalue weighted by Crippen LogP contribution is 2.08. The molecule has 0 spiro atoms. The molecule has 0 radical (unpaired) electrons. The Morgan fingerprint density at radius 3 is 2.15 bits per heavy atom. The monoisotopic (exact) mass is 189 g/mol. The molecule has 0 aromatic carbocycles. The third-order valence-electron chi connectivity index (χ3n) is 2.02. The summed E-state index contributed by atoms with van der Waals surface area (Å²) in [7, 11) is 1.97. The van der Waals surface area contributed by atoms with E-state index in [1.54, 1.807) is 0 Å². The van der Waals surface area contributed by atoms with Crippen molar-refractivity contribution < 1.29 is 5.11 Å². The first-order valence-corrected chi connectivity index (χ1v) is 5.53. The van der Waals surface area contributed by atoms with Crippen molar-refractivity contribution in [3.8, 4) is 0 Å². The molecule has 0 aliphatic carbocycles. The zero-order chi connectivity index (χ0) is 10.7. The number of hydrogen-bond donors (Lipinski definition) is 2. The molecule has 2 nitrogen and oxygen atoms in total. The average Bonchev–Trinajstić information content (AvgIpc) is 2.18. The van der Waals surface area contributed by atoms with E-state index >= 15 is 0 Å². The van der Waals surface area contributed by atoms with Crippen molar-refractivity contribution in [2.75, 3.05) is 13.6 Å². The third kappa shape index (κ3) is 11.9. The summed E-state index contributed by atoms with van der Waals surface area (Å²) in [6, 6.07) is 0. The summed E-state index contributed by atoms with van der Waals surface area (Å²) in [6.07, 6.45) is 2.86. The van der Waals surface area contributed by atoms with E-state index in [9.17, 15) is 5.11 Å². The smallest absolute Gasteiger partial charge is 0.0537 e. The molecular formula is C11H27NO. The number of rotatable bonds is 6. The number of hydrogen-bond acceptors (Lipinski definition) is 2. The van der Waals surface area contributed by atoms with E-state index in [1.807, 2.05) is 27.8 Å². The van der Waals surface area contributed by atoms with Crippen molar-refractivity contribution in [2.24, 2.45) is 5.92 Å². The average molecular weight is 189 g/mol. The van der Waals surface area contributed by atoms with Crippen molar-refractivity contribution >= 4 is 0 Å². The molecule has 2 heteroatoms. The second kappa shape index (κ2) is 11.9. The van der Waals surface area contributed by atoms with Crippen LogP contribution < -0.4 is 5.32 Å². The second-order valence-electron chi connectivity index (χ2n) is 3.30. The highest BCUT2D eigenvalue weighted by molar-refractivity contribution is 4.59. The van der Waals surface area contributed by atoms with Gasteiger partial charge in [0, 0.05) is 0 Å². The van der Waals surface area contributed by atoms with Gasteiger partial charge < -0.3 is 10.4 Å². The molecule has 0 aliphatic heterocycles. The van der Waals surface area contributed by atoms with Crippen LogP contribution in [0.4, 0.5) is 0 Å². The lowest BCUT2D eigenvalue weighted by Crippen LogP contribution is -2.17. The number of aliphatic hydroxyl groups excluding tert-OH is 1. The van der Waals surface area contributed by atoms with Crippen LogP contribution in [-0.2, 0) is 0 Å². The normalized spacial score (nSPS) is 14.3. The van der Waals surface area contributed by atoms with Gasteiger partial charge in [-0.15, -0.1) is 0 Å². The van der Waals surface area contributed by atoms with Gasteiger partial charge in [0.05, 0.1) is 6.10 Å². The molecule has 0 rings (SSSR count). The lowest BCUT2D eigenvalue weighted by atomic mass is 10.0. The maximum atomic E-state index is 9.25. The lowest BCUT2D eigenvalue weighted by molar-refractivity contribution is 0.151. The van der Waals surface area contributed by atoms with Crippen LogP contribution in [0.25, 0.3) is 0 Å². The maximum absolute atomic E-state index is 9.25. The standard InChI is InChI=1S/C9H21NO.C2H6/c1-4-9(11)6-5-8(2)7-10-3;1-2/h8-11H,4-7H2,1-3H3;1-2H3. The summed E-state index contributed by atoms with van der Waals surface area (Å²) in [5.41, 5.74) is 0. The highest BCUT2D eigenvalue weighted by Gasteiger charge is 2.04. The Kier molecular flexibility index (Phi) is 14.1. The van der Waals surface area contributed by atoms with Crippen LogP contribution in [-0.4, -0.2) is 24.8 Å². The summed E-state index contributed by atoms with van der Waals surface area (Å²) in [5, 5.41) is 12.4. The minimum atomic E-state index is -0.0886. The molecule has 0 amide bonds. The topological polar surface area (TPSA) is 32.3 Å². The first-order chi connectivity index (χ1) is 6.20. The minimum Gasteiger partial charge on any atom is -0.393 e. The van der Waals surface area contributed by atoms with Crippen LogP contribution in [0.5, 0.6) is 0 Å². The summed E-state index contributed by atoms with van der Waals surface area (Å²) >= 11 is 0. The molecule has 2 atom stereocenters. The van der Waals surface area contributed by atoms with Crippen LogP contribution in [0.15, 0.2) is 0 Å². The molecule has 2 N–H and O–H groups in total. The first kappa shape index (κ1) is 15.4. The van der Waals surface area contributed by atoms with E-state index in [2.05, 4.69) is 12.2 Å². The van der Waals surface area contributed by atoms with Crippen LogP contribution in [0.2, 0.25) is 0 Å². The van der Waals surface area contributed by atoms with E-state index < -0.39 is 0 Å². The van der Waals surface area contributed by atoms with Gasteiger partial charge in [0.2, 0.25) is 0 Å². The molecule has 13 heavy (non-hydrogen) atoms. The lowest BCUT2D eigenvalue weighted by Gasteiger charge is -2.12. The van der Waals surface area contributed by atoms with Gasteiger partial charge in [0.15, 0.2) is 0 Å². The van der Waals surface area contributed by atoms with Crippen LogP contribution in [0.1, 0.15) is 47.0 Å². The van der Waals surface area contributed by atoms with Crippen molar-refractivity contribution in [2.45, 2.75) is 53.1 Å². The fourth-order valence-electron chi connectivity index (χ4n) is 1.13. The van der Waals surface area contributed by atoms with Gasteiger partial charge in [0.1, 0.15) is 0 Å². The SMILES string of the molecule is CC.CCC(O)CCC(C)CNC. The van der Waals surface area contributed by atoms with E-state index in [0.29, 0.717) is 5.92 Å². The van der Waals surface area contributed by atoms with Crippen molar-refractivity contribution in [1.29, 1.82) is 0 Å². The van der Waals surface area contributed by atoms with Gasteiger partial charge >= 0.3 is 0 Å². The molecule has 0 aromatic rings. The Hall–Kier alpha value is -0.0800. The summed E-state index contributed by atoms with van der Waals surface area (Å²) in [6.45, 7) is 9.28. The van der Waals surface area contributed by atoms with Gasteiger partial charge in [-0.25, -0.2) is 0 Å². The second-order valence-corrected chi connectivity index (χ2v) is 3.30. The Labute approximate surface area is 83.7 Å². The third-order valence-corrected chi connectivity index (χ3v) is 2.02. The zero-order valence-electron chi connectivity index (χ0n) is 9.93. The predicted octanol–water partition coefficient (Wildman–Crippen LogP) is 2.42. The Morgan fingerprint density at radius 2 is 1.77 bits per heavy atom. The molecule has 0 saturated heterocycles. The minimum absolute atomic E-state index is 0.0886. The van der Waals surface area contributed by atoms with Gasteiger partial charge in [-0.3, -0.25) is 0 Å². The highest BCUT2D eigenvalue weighted by atomic mass is 16.3. The molecule has 0 heterocycles. The quantitative estimate of drug-likeness (QED) is 0.672.